The van der Waals surface area contributed by atoms with Gasteiger partial charge >= 0.3 is 0 Å². The maximum Gasteiger partial charge on any atom is 0.0947 e. The molecule has 2 aromatic rings. The zero-order chi connectivity index (χ0) is 14.0. The first-order chi connectivity index (χ1) is 9.06. The van der Waals surface area contributed by atoms with Crippen molar-refractivity contribution in [1.29, 1.82) is 0 Å². The Hall–Kier alpha value is -1.14. The fraction of sp³-hybridized carbons (Fsp3) is 0.538. The molecule has 0 aromatic carbocycles. The van der Waals surface area contributed by atoms with Gasteiger partial charge in [-0.25, -0.2) is 4.98 Å². The fourth-order valence-electron chi connectivity index (χ4n) is 2.15. The van der Waals surface area contributed by atoms with Crippen LogP contribution in [0.4, 0.5) is 0 Å². The van der Waals surface area contributed by atoms with Crippen LogP contribution in [0.15, 0.2) is 17.0 Å². The molecule has 0 radical (unpaired) electrons. The third kappa shape index (κ3) is 2.90. The smallest absolute Gasteiger partial charge is 0.0947 e. The minimum absolute atomic E-state index is 0.107. The second-order valence-corrected chi connectivity index (χ2v) is 5.44. The summed E-state index contributed by atoms with van der Waals surface area (Å²) in [5.41, 5.74) is 9.40. The lowest BCUT2D eigenvalue weighted by atomic mass is 10.1. The minimum atomic E-state index is -0.107. The Balaban J connectivity index is 2.25. The lowest BCUT2D eigenvalue weighted by Crippen LogP contribution is -2.16. The number of hydrogen-bond donors (Lipinski definition) is 1. The second kappa shape index (κ2) is 5.88. The third-order valence-electron chi connectivity index (χ3n) is 3.21. The summed E-state index contributed by atoms with van der Waals surface area (Å²) in [6, 6.07) is -0.107. The van der Waals surface area contributed by atoms with Crippen LogP contribution < -0.4 is 5.73 Å². The third-order valence-corrected chi connectivity index (χ3v) is 4.13. The van der Waals surface area contributed by atoms with Gasteiger partial charge < -0.3 is 10.3 Å². The van der Waals surface area contributed by atoms with Crippen molar-refractivity contribution >= 4 is 15.9 Å². The predicted molar refractivity (Wildman–Crippen MR) is 78.8 cm³/mol. The Morgan fingerprint density at radius 1 is 1.42 bits per heavy atom. The van der Waals surface area contributed by atoms with Crippen LogP contribution >= 0.6 is 15.9 Å². The van der Waals surface area contributed by atoms with Crippen molar-refractivity contribution in [2.45, 2.75) is 39.3 Å². The highest BCUT2D eigenvalue weighted by molar-refractivity contribution is 9.10. The summed E-state index contributed by atoms with van der Waals surface area (Å²) in [7, 11) is 1.95. The van der Waals surface area contributed by atoms with Gasteiger partial charge in [0, 0.05) is 26.2 Å². The maximum atomic E-state index is 6.25. The van der Waals surface area contributed by atoms with Crippen molar-refractivity contribution < 1.29 is 0 Å². The SMILES string of the molecule is CCc1nn(CC)c(CC(N)c2cn(C)cn2)c1Br. The van der Waals surface area contributed by atoms with Crippen molar-refractivity contribution in [2.24, 2.45) is 12.8 Å². The molecule has 0 aliphatic carbocycles. The van der Waals surface area contributed by atoms with E-state index in [-0.39, 0.29) is 6.04 Å². The molecule has 0 fully saturated rings. The minimum Gasteiger partial charge on any atom is -0.340 e. The first kappa shape index (κ1) is 14.3. The molecule has 2 heterocycles. The number of nitrogens with zero attached hydrogens (tertiary/aromatic N) is 4. The highest BCUT2D eigenvalue weighted by Gasteiger charge is 2.18. The molecule has 2 aromatic heterocycles. The molecular weight excluding hydrogens is 306 g/mol. The zero-order valence-electron chi connectivity index (χ0n) is 11.6. The van der Waals surface area contributed by atoms with Crippen molar-refractivity contribution in [3.63, 3.8) is 0 Å². The largest absolute Gasteiger partial charge is 0.340 e. The number of aromatic nitrogens is 4. The predicted octanol–water partition coefficient (Wildman–Crippen LogP) is 2.20. The van der Waals surface area contributed by atoms with Gasteiger partial charge in [0.15, 0.2) is 0 Å². The van der Waals surface area contributed by atoms with E-state index in [2.05, 4.69) is 39.9 Å². The van der Waals surface area contributed by atoms with E-state index in [1.54, 1.807) is 6.33 Å². The van der Waals surface area contributed by atoms with Crippen molar-refractivity contribution in [3.05, 3.63) is 34.1 Å². The van der Waals surface area contributed by atoms with Gasteiger partial charge in [0.1, 0.15) is 0 Å². The van der Waals surface area contributed by atoms with Crippen LogP contribution in [0.5, 0.6) is 0 Å². The number of rotatable bonds is 5. The average Bonchev–Trinajstić information content (AvgIpc) is 2.95. The van der Waals surface area contributed by atoms with Gasteiger partial charge in [0.2, 0.25) is 0 Å². The molecule has 0 amide bonds. The van der Waals surface area contributed by atoms with E-state index in [0.717, 1.165) is 40.9 Å². The molecular formula is C13H20BrN5. The molecule has 0 aliphatic rings. The van der Waals surface area contributed by atoms with Crippen LogP contribution in [0.3, 0.4) is 0 Å². The summed E-state index contributed by atoms with van der Waals surface area (Å²) in [6.07, 6.45) is 5.39. The summed E-state index contributed by atoms with van der Waals surface area (Å²) in [5.74, 6) is 0. The molecule has 0 saturated heterocycles. The molecule has 0 bridgehead atoms. The van der Waals surface area contributed by atoms with Crippen LogP contribution in [0.25, 0.3) is 0 Å². The van der Waals surface area contributed by atoms with Gasteiger partial charge in [-0.05, 0) is 29.3 Å². The summed E-state index contributed by atoms with van der Waals surface area (Å²) < 4.78 is 5.02. The summed E-state index contributed by atoms with van der Waals surface area (Å²) in [6.45, 7) is 5.05. The van der Waals surface area contributed by atoms with E-state index in [1.807, 2.05) is 22.5 Å². The van der Waals surface area contributed by atoms with Crippen LogP contribution in [0, 0.1) is 0 Å². The first-order valence-corrected chi connectivity index (χ1v) is 7.33. The van der Waals surface area contributed by atoms with Gasteiger partial charge in [0.25, 0.3) is 0 Å². The number of hydrogen-bond acceptors (Lipinski definition) is 3. The van der Waals surface area contributed by atoms with Crippen LogP contribution in [-0.2, 0) is 26.4 Å². The van der Waals surface area contributed by atoms with Gasteiger partial charge in [-0.15, -0.1) is 0 Å². The number of imidazole rings is 1. The van der Waals surface area contributed by atoms with Crippen LogP contribution in [0.2, 0.25) is 0 Å². The van der Waals surface area contributed by atoms with Crippen molar-refractivity contribution in [3.8, 4) is 0 Å². The molecule has 0 spiro atoms. The van der Waals surface area contributed by atoms with Crippen LogP contribution in [0.1, 0.15) is 37.0 Å². The molecule has 2 rings (SSSR count). The summed E-state index contributed by atoms with van der Waals surface area (Å²) in [4.78, 5) is 4.32. The Labute approximate surface area is 121 Å². The lowest BCUT2D eigenvalue weighted by Gasteiger charge is -2.11. The molecule has 0 aliphatic heterocycles. The summed E-state index contributed by atoms with van der Waals surface area (Å²) >= 11 is 3.64. The Kier molecular flexibility index (Phi) is 4.42. The molecule has 1 unspecified atom stereocenters. The van der Waals surface area contributed by atoms with E-state index in [1.165, 1.54) is 0 Å². The Morgan fingerprint density at radius 3 is 2.68 bits per heavy atom. The standard InChI is InChI=1S/C13H20BrN5/c1-4-10-13(14)12(19(5-2)17-10)6-9(15)11-7-18(3)8-16-11/h7-9H,4-6,15H2,1-3H3. The van der Waals surface area contributed by atoms with E-state index in [4.69, 9.17) is 5.73 Å². The number of aryl methyl sites for hydroxylation is 3. The van der Waals surface area contributed by atoms with Crippen molar-refractivity contribution in [1.82, 2.24) is 19.3 Å². The van der Waals surface area contributed by atoms with Gasteiger partial charge in [-0.3, -0.25) is 4.68 Å². The lowest BCUT2D eigenvalue weighted by molar-refractivity contribution is 0.580. The number of nitrogens with two attached hydrogens (primary N) is 1. The van der Waals surface area contributed by atoms with Gasteiger partial charge in [-0.2, -0.15) is 5.10 Å². The molecule has 19 heavy (non-hydrogen) atoms. The van der Waals surface area contributed by atoms with Gasteiger partial charge in [0.05, 0.1) is 33.9 Å². The van der Waals surface area contributed by atoms with Crippen LogP contribution in [-0.4, -0.2) is 19.3 Å². The molecule has 5 nitrogen and oxygen atoms in total. The first-order valence-electron chi connectivity index (χ1n) is 6.54. The highest BCUT2D eigenvalue weighted by Crippen LogP contribution is 2.26. The molecule has 6 heteroatoms. The molecule has 1 atom stereocenters. The highest BCUT2D eigenvalue weighted by atomic mass is 79.9. The maximum absolute atomic E-state index is 6.25. The van der Waals surface area contributed by atoms with Crippen molar-refractivity contribution in [2.75, 3.05) is 0 Å². The van der Waals surface area contributed by atoms with E-state index in [0.29, 0.717) is 0 Å². The van der Waals surface area contributed by atoms with E-state index >= 15 is 0 Å². The summed E-state index contributed by atoms with van der Waals surface area (Å²) in [5, 5.41) is 4.59. The average molecular weight is 326 g/mol. The Bertz CT molecular complexity index is 557. The van der Waals surface area contributed by atoms with E-state index in [9.17, 15) is 0 Å². The zero-order valence-corrected chi connectivity index (χ0v) is 13.2. The molecule has 2 N–H and O–H groups in total. The molecule has 0 saturated carbocycles. The van der Waals surface area contributed by atoms with Gasteiger partial charge in [-0.1, -0.05) is 6.92 Å². The number of halogens is 1. The normalized spacial score (nSPS) is 12.9. The van der Waals surface area contributed by atoms with E-state index < -0.39 is 0 Å². The monoisotopic (exact) mass is 325 g/mol. The quantitative estimate of drug-likeness (QED) is 0.916. The Morgan fingerprint density at radius 2 is 2.16 bits per heavy atom. The molecule has 104 valence electrons. The second-order valence-electron chi connectivity index (χ2n) is 4.65. The topological polar surface area (TPSA) is 61.7 Å². The fourth-order valence-corrected chi connectivity index (χ4v) is 2.88.